The van der Waals surface area contributed by atoms with Crippen LogP contribution in [0.15, 0.2) is 60.8 Å². The minimum atomic E-state index is 0.0262. The number of piperidine rings is 1. The van der Waals surface area contributed by atoms with E-state index in [0.717, 1.165) is 50.3 Å². The van der Waals surface area contributed by atoms with Crippen LogP contribution in [0.1, 0.15) is 34.3 Å². The number of likely N-dealkylation sites (tertiary alicyclic amines) is 1. The predicted molar refractivity (Wildman–Crippen MR) is 116 cm³/mol. The Morgan fingerprint density at radius 1 is 1.10 bits per heavy atom. The molecule has 1 amide bonds. The number of aromatic amines is 1. The molecule has 2 aromatic carbocycles. The van der Waals surface area contributed by atoms with Crippen molar-refractivity contribution in [3.8, 4) is 11.3 Å². The van der Waals surface area contributed by atoms with E-state index in [1.807, 2.05) is 43.5 Å². The number of aryl methyl sites for hydroxylation is 1. The largest absolute Gasteiger partial charge is 0.352 e. The maximum Gasteiger partial charge on any atom is 0.251 e. The lowest BCUT2D eigenvalue weighted by Gasteiger charge is -2.32. The molecule has 0 atom stereocenters. The van der Waals surface area contributed by atoms with Gasteiger partial charge in [0.2, 0.25) is 0 Å². The van der Waals surface area contributed by atoms with E-state index < -0.39 is 0 Å². The summed E-state index contributed by atoms with van der Waals surface area (Å²) in [5.74, 6) is 0.567. The molecule has 0 radical (unpaired) electrons. The average molecular weight is 389 g/mol. The van der Waals surface area contributed by atoms with Crippen LogP contribution in [0, 0.1) is 12.8 Å². The highest BCUT2D eigenvalue weighted by Crippen LogP contribution is 2.24. The molecule has 0 unspecified atom stereocenters. The second kappa shape index (κ2) is 9.05. The summed E-state index contributed by atoms with van der Waals surface area (Å²) in [7, 11) is 0. The van der Waals surface area contributed by atoms with Crippen molar-refractivity contribution in [2.24, 2.45) is 5.92 Å². The summed E-state index contributed by atoms with van der Waals surface area (Å²) in [6, 6.07) is 18.1. The van der Waals surface area contributed by atoms with Crippen LogP contribution >= 0.6 is 0 Å². The highest BCUT2D eigenvalue weighted by Gasteiger charge is 2.21. The molecule has 5 nitrogen and oxygen atoms in total. The Kier molecular flexibility index (Phi) is 6.06. The number of H-pyrrole nitrogens is 1. The minimum absolute atomic E-state index is 0.0262. The number of rotatable bonds is 6. The molecule has 29 heavy (non-hydrogen) atoms. The number of hydrogen-bond donors (Lipinski definition) is 2. The van der Waals surface area contributed by atoms with E-state index in [1.54, 1.807) is 0 Å². The third-order valence-electron chi connectivity index (χ3n) is 5.75. The lowest BCUT2D eigenvalue weighted by molar-refractivity contribution is 0.0935. The molecule has 1 saturated heterocycles. The number of aromatic nitrogens is 2. The Hall–Kier alpha value is -2.92. The highest BCUT2D eigenvalue weighted by molar-refractivity contribution is 5.94. The lowest BCUT2D eigenvalue weighted by atomic mass is 9.96. The number of nitrogens with zero attached hydrogens (tertiary/aromatic N) is 2. The van der Waals surface area contributed by atoms with E-state index in [2.05, 4.69) is 44.7 Å². The minimum Gasteiger partial charge on any atom is -0.352 e. The van der Waals surface area contributed by atoms with Gasteiger partial charge in [0.1, 0.15) is 0 Å². The smallest absolute Gasteiger partial charge is 0.251 e. The highest BCUT2D eigenvalue weighted by atomic mass is 16.1. The van der Waals surface area contributed by atoms with E-state index in [-0.39, 0.29) is 5.91 Å². The second-order valence-electron chi connectivity index (χ2n) is 7.93. The molecule has 0 bridgehead atoms. The Labute approximate surface area is 172 Å². The maximum absolute atomic E-state index is 12.3. The van der Waals surface area contributed by atoms with Crippen molar-refractivity contribution < 1.29 is 4.79 Å². The zero-order chi connectivity index (χ0) is 20.1. The third kappa shape index (κ3) is 4.93. The molecule has 2 N–H and O–H groups in total. The quantitative estimate of drug-likeness (QED) is 0.670. The monoisotopic (exact) mass is 388 g/mol. The van der Waals surface area contributed by atoms with Crippen molar-refractivity contribution in [2.75, 3.05) is 19.6 Å². The first-order valence-corrected chi connectivity index (χ1v) is 10.3. The van der Waals surface area contributed by atoms with E-state index in [1.165, 1.54) is 16.7 Å². The molecule has 1 fully saturated rings. The molecule has 4 rings (SSSR count). The van der Waals surface area contributed by atoms with Crippen molar-refractivity contribution in [2.45, 2.75) is 26.3 Å². The van der Waals surface area contributed by atoms with Gasteiger partial charge in [0.25, 0.3) is 5.91 Å². The van der Waals surface area contributed by atoms with Crippen molar-refractivity contribution >= 4 is 5.91 Å². The molecular formula is C24H28N4O. The third-order valence-corrected chi connectivity index (χ3v) is 5.75. The molecular weight excluding hydrogens is 360 g/mol. The summed E-state index contributed by atoms with van der Waals surface area (Å²) in [4.78, 5) is 14.8. The zero-order valence-electron chi connectivity index (χ0n) is 16.9. The fourth-order valence-corrected chi connectivity index (χ4v) is 3.92. The van der Waals surface area contributed by atoms with Crippen LogP contribution in [0.3, 0.4) is 0 Å². The van der Waals surface area contributed by atoms with E-state index in [4.69, 9.17) is 0 Å². The number of nitrogens with one attached hydrogen (secondary N) is 2. The molecule has 1 aromatic heterocycles. The Morgan fingerprint density at radius 3 is 2.55 bits per heavy atom. The van der Waals surface area contributed by atoms with Gasteiger partial charge in [0.15, 0.2) is 0 Å². The summed E-state index contributed by atoms with van der Waals surface area (Å²) in [6.07, 6.45) is 4.15. The topological polar surface area (TPSA) is 61.0 Å². The van der Waals surface area contributed by atoms with Gasteiger partial charge in [-0.3, -0.25) is 14.8 Å². The summed E-state index contributed by atoms with van der Waals surface area (Å²) in [5, 5.41) is 10.5. The van der Waals surface area contributed by atoms with Crippen molar-refractivity contribution in [3.05, 3.63) is 77.5 Å². The summed E-state index contributed by atoms with van der Waals surface area (Å²) in [5.41, 5.74) is 5.43. The average Bonchev–Trinajstić information content (AvgIpc) is 3.22. The standard InChI is InChI=1S/C24H28N4O/c1-18-7-9-21(10-8-18)24(29)25-15-19-11-13-28(14-12-19)17-22-16-26-27-23(22)20-5-3-2-4-6-20/h2-10,16,19H,11-15,17H2,1H3,(H,25,29)(H,26,27). The van der Waals surface area contributed by atoms with Gasteiger partial charge in [-0.15, -0.1) is 0 Å². The van der Waals surface area contributed by atoms with E-state index in [9.17, 15) is 4.79 Å². The van der Waals surface area contributed by atoms with Crippen LogP contribution in [0.4, 0.5) is 0 Å². The van der Waals surface area contributed by atoms with Crippen molar-refractivity contribution in [3.63, 3.8) is 0 Å². The van der Waals surface area contributed by atoms with Gasteiger partial charge in [-0.25, -0.2) is 0 Å². The molecule has 5 heteroatoms. The lowest BCUT2D eigenvalue weighted by Crippen LogP contribution is -2.38. The van der Waals surface area contributed by atoms with Gasteiger partial charge in [0, 0.05) is 24.2 Å². The van der Waals surface area contributed by atoms with Crippen LogP contribution in [0.25, 0.3) is 11.3 Å². The molecule has 1 aliphatic rings. The van der Waals surface area contributed by atoms with Gasteiger partial charge in [-0.1, -0.05) is 48.0 Å². The van der Waals surface area contributed by atoms with Crippen LogP contribution in [0.2, 0.25) is 0 Å². The molecule has 0 spiro atoms. The normalized spacial score (nSPS) is 15.3. The van der Waals surface area contributed by atoms with Gasteiger partial charge in [0.05, 0.1) is 11.9 Å². The predicted octanol–water partition coefficient (Wildman–Crippen LogP) is 4.03. The zero-order valence-corrected chi connectivity index (χ0v) is 16.9. The van der Waals surface area contributed by atoms with Gasteiger partial charge in [-0.05, 0) is 56.5 Å². The molecule has 0 aliphatic carbocycles. The van der Waals surface area contributed by atoms with Crippen LogP contribution in [-0.4, -0.2) is 40.6 Å². The fourth-order valence-electron chi connectivity index (χ4n) is 3.92. The number of hydrogen-bond acceptors (Lipinski definition) is 3. The maximum atomic E-state index is 12.3. The van der Waals surface area contributed by atoms with Gasteiger partial charge < -0.3 is 5.32 Å². The van der Waals surface area contributed by atoms with Crippen LogP contribution in [-0.2, 0) is 6.54 Å². The molecule has 2 heterocycles. The summed E-state index contributed by atoms with van der Waals surface area (Å²) < 4.78 is 0. The Bertz CT molecular complexity index is 925. The summed E-state index contributed by atoms with van der Waals surface area (Å²) >= 11 is 0. The van der Waals surface area contributed by atoms with E-state index in [0.29, 0.717) is 5.92 Å². The van der Waals surface area contributed by atoms with Crippen molar-refractivity contribution in [1.29, 1.82) is 0 Å². The number of benzene rings is 2. The second-order valence-corrected chi connectivity index (χ2v) is 7.93. The van der Waals surface area contributed by atoms with Gasteiger partial charge in [-0.2, -0.15) is 5.10 Å². The van der Waals surface area contributed by atoms with Crippen LogP contribution < -0.4 is 5.32 Å². The molecule has 3 aromatic rings. The molecule has 1 aliphatic heterocycles. The Morgan fingerprint density at radius 2 is 1.83 bits per heavy atom. The molecule has 150 valence electrons. The van der Waals surface area contributed by atoms with Crippen LogP contribution in [0.5, 0.6) is 0 Å². The van der Waals surface area contributed by atoms with Crippen molar-refractivity contribution in [1.82, 2.24) is 20.4 Å². The number of carbonyl (C=O) groups is 1. The van der Waals surface area contributed by atoms with E-state index >= 15 is 0 Å². The SMILES string of the molecule is Cc1ccc(C(=O)NCC2CCN(Cc3cn[nH]c3-c3ccccc3)CC2)cc1. The molecule has 0 saturated carbocycles. The fraction of sp³-hybridized carbons (Fsp3) is 0.333. The Balaban J connectivity index is 1.26. The number of carbonyl (C=O) groups excluding carboxylic acids is 1. The van der Waals surface area contributed by atoms with Gasteiger partial charge >= 0.3 is 0 Å². The summed E-state index contributed by atoms with van der Waals surface area (Å²) in [6.45, 7) is 5.78. The first-order valence-electron chi connectivity index (χ1n) is 10.3. The first kappa shape index (κ1) is 19.4. The first-order chi connectivity index (χ1) is 14.2. The number of amides is 1.